The molecule has 5 nitrogen and oxygen atoms in total. The van der Waals surface area contributed by atoms with Crippen LogP contribution in [0.1, 0.15) is 32.1 Å². The summed E-state index contributed by atoms with van der Waals surface area (Å²) in [6.07, 6.45) is 3.79. The van der Waals surface area contributed by atoms with Crippen molar-refractivity contribution in [1.82, 2.24) is 4.90 Å². The van der Waals surface area contributed by atoms with E-state index in [0.29, 0.717) is 6.54 Å². The van der Waals surface area contributed by atoms with E-state index >= 15 is 0 Å². The minimum absolute atomic E-state index is 0.261. The lowest BCUT2D eigenvalue weighted by molar-refractivity contribution is -0.164. The summed E-state index contributed by atoms with van der Waals surface area (Å²) in [5, 5.41) is 17.9. The Balaban J connectivity index is 2.15. The molecular weight excluding hydrogens is 198 g/mol. The van der Waals surface area contributed by atoms with E-state index in [0.717, 1.165) is 37.0 Å². The lowest BCUT2D eigenvalue weighted by Gasteiger charge is -2.55. The molecule has 2 fully saturated rings. The predicted octanol–water partition coefficient (Wildman–Crippen LogP) is 1.38. The number of carbonyl (C=O) groups is 2. The highest BCUT2D eigenvalue weighted by atomic mass is 16.4. The third kappa shape index (κ3) is 1.46. The molecular formula is C10H15NO4. The van der Waals surface area contributed by atoms with Crippen molar-refractivity contribution in [2.75, 3.05) is 6.54 Å². The van der Waals surface area contributed by atoms with E-state index < -0.39 is 18.1 Å². The molecule has 5 heteroatoms. The van der Waals surface area contributed by atoms with Crippen molar-refractivity contribution in [3.63, 3.8) is 0 Å². The van der Waals surface area contributed by atoms with Crippen molar-refractivity contribution in [3.05, 3.63) is 0 Å². The molecule has 1 saturated heterocycles. The first-order valence-corrected chi connectivity index (χ1v) is 5.29. The molecule has 1 atom stereocenters. The third-order valence-corrected chi connectivity index (χ3v) is 3.71. The maximum Gasteiger partial charge on any atom is 0.408 e. The van der Waals surface area contributed by atoms with Crippen LogP contribution in [0.5, 0.6) is 0 Å². The van der Waals surface area contributed by atoms with Crippen LogP contribution in [0, 0.1) is 5.41 Å². The van der Waals surface area contributed by atoms with Crippen molar-refractivity contribution >= 4 is 12.1 Å². The number of carboxylic acid groups (broad SMARTS) is 2. The Morgan fingerprint density at radius 1 is 1.13 bits per heavy atom. The van der Waals surface area contributed by atoms with Gasteiger partial charge in [0.05, 0.1) is 0 Å². The summed E-state index contributed by atoms with van der Waals surface area (Å²) in [5.74, 6) is -0.995. The molecule has 1 heterocycles. The van der Waals surface area contributed by atoms with Gasteiger partial charge in [0, 0.05) is 12.0 Å². The predicted molar refractivity (Wildman–Crippen MR) is 51.7 cm³/mol. The van der Waals surface area contributed by atoms with Crippen LogP contribution < -0.4 is 0 Å². The van der Waals surface area contributed by atoms with Crippen LogP contribution in [0.4, 0.5) is 4.79 Å². The van der Waals surface area contributed by atoms with Crippen LogP contribution in [0.15, 0.2) is 0 Å². The highest BCUT2D eigenvalue weighted by Crippen LogP contribution is 2.48. The molecule has 0 aromatic carbocycles. The topological polar surface area (TPSA) is 77.8 Å². The van der Waals surface area contributed by atoms with Gasteiger partial charge >= 0.3 is 12.1 Å². The van der Waals surface area contributed by atoms with Gasteiger partial charge in [0.25, 0.3) is 0 Å². The molecule has 1 unspecified atom stereocenters. The van der Waals surface area contributed by atoms with E-state index in [2.05, 4.69) is 0 Å². The van der Waals surface area contributed by atoms with E-state index in [4.69, 9.17) is 10.2 Å². The van der Waals surface area contributed by atoms with Crippen molar-refractivity contribution in [2.24, 2.45) is 5.41 Å². The number of rotatable bonds is 1. The molecule has 1 spiro atoms. The Hall–Kier alpha value is -1.26. The Morgan fingerprint density at radius 3 is 2.20 bits per heavy atom. The van der Waals surface area contributed by atoms with Crippen molar-refractivity contribution in [1.29, 1.82) is 0 Å². The molecule has 1 amide bonds. The maximum absolute atomic E-state index is 11.1. The molecule has 0 bridgehead atoms. The largest absolute Gasteiger partial charge is 0.480 e. The highest BCUT2D eigenvalue weighted by molar-refractivity contribution is 5.82. The zero-order chi connectivity index (χ0) is 11.1. The SMILES string of the molecule is O=C(O)C1N(C(=O)O)CC12CCCCC2. The average Bonchev–Trinajstić information content (AvgIpc) is 2.14. The standard InChI is InChI=1S/C10H15NO4/c12-8(13)7-10(4-2-1-3-5-10)6-11(7)9(14)15/h7H,1-6H2,(H,12,13)(H,14,15). The van der Waals surface area contributed by atoms with E-state index in [1.807, 2.05) is 0 Å². The summed E-state index contributed by atoms with van der Waals surface area (Å²) in [5.41, 5.74) is -0.261. The van der Waals surface area contributed by atoms with Gasteiger partial charge in [0.15, 0.2) is 0 Å². The fourth-order valence-electron chi connectivity index (χ4n) is 3.00. The van der Waals surface area contributed by atoms with Crippen LogP contribution in [0.2, 0.25) is 0 Å². The smallest absolute Gasteiger partial charge is 0.408 e. The summed E-state index contributed by atoms with van der Waals surface area (Å²) in [6.45, 7) is 0.402. The van der Waals surface area contributed by atoms with Gasteiger partial charge in [-0.2, -0.15) is 0 Å². The lowest BCUT2D eigenvalue weighted by atomic mass is 9.63. The van der Waals surface area contributed by atoms with Crippen LogP contribution in [0.25, 0.3) is 0 Å². The minimum atomic E-state index is -1.11. The van der Waals surface area contributed by atoms with Gasteiger partial charge in [-0.25, -0.2) is 9.59 Å². The second-order valence-electron chi connectivity index (χ2n) is 4.57. The van der Waals surface area contributed by atoms with E-state index in [-0.39, 0.29) is 5.41 Å². The molecule has 1 aliphatic carbocycles. The fourth-order valence-corrected chi connectivity index (χ4v) is 3.00. The Kier molecular flexibility index (Phi) is 2.32. The number of likely N-dealkylation sites (tertiary alicyclic amines) is 1. The molecule has 2 N–H and O–H groups in total. The van der Waals surface area contributed by atoms with Crippen molar-refractivity contribution < 1.29 is 19.8 Å². The van der Waals surface area contributed by atoms with Gasteiger partial charge in [-0.05, 0) is 12.8 Å². The Labute approximate surface area is 87.7 Å². The second kappa shape index (κ2) is 3.40. The van der Waals surface area contributed by atoms with Crippen LogP contribution in [-0.4, -0.2) is 39.8 Å². The van der Waals surface area contributed by atoms with Gasteiger partial charge in [0.1, 0.15) is 6.04 Å². The molecule has 84 valence electrons. The summed E-state index contributed by atoms with van der Waals surface area (Å²) >= 11 is 0. The number of aliphatic carboxylic acids is 1. The molecule has 0 radical (unpaired) electrons. The fraction of sp³-hybridized carbons (Fsp3) is 0.800. The van der Waals surface area contributed by atoms with Crippen LogP contribution in [0.3, 0.4) is 0 Å². The van der Waals surface area contributed by atoms with Crippen LogP contribution in [-0.2, 0) is 4.79 Å². The minimum Gasteiger partial charge on any atom is -0.480 e. The van der Waals surface area contributed by atoms with Gasteiger partial charge in [-0.3, -0.25) is 4.90 Å². The highest BCUT2D eigenvalue weighted by Gasteiger charge is 2.58. The number of hydrogen-bond acceptors (Lipinski definition) is 2. The Morgan fingerprint density at radius 2 is 1.73 bits per heavy atom. The normalized spacial score (nSPS) is 28.5. The van der Waals surface area contributed by atoms with Gasteiger partial charge in [-0.1, -0.05) is 19.3 Å². The van der Waals surface area contributed by atoms with Gasteiger partial charge in [-0.15, -0.1) is 0 Å². The summed E-state index contributed by atoms with van der Waals surface area (Å²) < 4.78 is 0. The summed E-state index contributed by atoms with van der Waals surface area (Å²) in [7, 11) is 0. The second-order valence-corrected chi connectivity index (χ2v) is 4.57. The first-order valence-electron chi connectivity index (χ1n) is 5.29. The number of amides is 1. The molecule has 1 aliphatic heterocycles. The Bertz CT molecular complexity index is 296. The average molecular weight is 213 g/mol. The van der Waals surface area contributed by atoms with Crippen molar-refractivity contribution in [2.45, 2.75) is 38.1 Å². The van der Waals surface area contributed by atoms with Gasteiger partial charge in [0.2, 0.25) is 0 Å². The first-order chi connectivity index (χ1) is 7.07. The zero-order valence-corrected chi connectivity index (χ0v) is 8.48. The molecule has 2 aliphatic rings. The molecule has 15 heavy (non-hydrogen) atoms. The number of hydrogen-bond donors (Lipinski definition) is 2. The van der Waals surface area contributed by atoms with Gasteiger partial charge < -0.3 is 10.2 Å². The van der Waals surface area contributed by atoms with Crippen molar-refractivity contribution in [3.8, 4) is 0 Å². The molecule has 0 aromatic heterocycles. The summed E-state index contributed by atoms with van der Waals surface area (Å²) in [4.78, 5) is 22.9. The molecule has 1 saturated carbocycles. The molecule has 2 rings (SSSR count). The molecule has 0 aromatic rings. The number of carboxylic acids is 1. The summed E-state index contributed by atoms with van der Waals surface area (Å²) in [6, 6.07) is -0.810. The number of nitrogens with zero attached hydrogens (tertiary/aromatic N) is 1. The maximum atomic E-state index is 11.1. The monoisotopic (exact) mass is 213 g/mol. The quantitative estimate of drug-likeness (QED) is 0.689. The van der Waals surface area contributed by atoms with Crippen LogP contribution >= 0.6 is 0 Å². The van der Waals surface area contributed by atoms with E-state index in [9.17, 15) is 9.59 Å². The first kappa shape index (κ1) is 10.3. The van der Waals surface area contributed by atoms with E-state index in [1.54, 1.807) is 0 Å². The zero-order valence-electron chi connectivity index (χ0n) is 8.48. The third-order valence-electron chi connectivity index (χ3n) is 3.71. The van der Waals surface area contributed by atoms with E-state index in [1.165, 1.54) is 0 Å². The lowest BCUT2D eigenvalue weighted by Crippen LogP contribution is -2.69.